The summed E-state index contributed by atoms with van der Waals surface area (Å²) in [6, 6.07) is 1.82. The maximum atomic E-state index is 9.68. The Morgan fingerprint density at radius 2 is 2.40 bits per heavy atom. The fourth-order valence-corrected chi connectivity index (χ4v) is 0.286. The van der Waals surface area contributed by atoms with Crippen LogP contribution in [0.4, 0.5) is 0 Å². The molecular formula is C7H6N2O. The zero-order chi connectivity index (χ0) is 7.82. The SMILES string of the molecule is C=CC(C#N)=CN=CC=O. The van der Waals surface area contributed by atoms with Crippen molar-refractivity contribution in [3.8, 4) is 6.07 Å². The summed E-state index contributed by atoms with van der Waals surface area (Å²) in [5.41, 5.74) is 0.332. The van der Waals surface area contributed by atoms with Gasteiger partial charge >= 0.3 is 0 Å². The molecule has 0 fully saturated rings. The van der Waals surface area contributed by atoms with Crippen LogP contribution in [0.15, 0.2) is 29.4 Å². The number of rotatable bonds is 3. The van der Waals surface area contributed by atoms with E-state index in [-0.39, 0.29) is 0 Å². The van der Waals surface area contributed by atoms with Crippen LogP contribution in [0.1, 0.15) is 0 Å². The minimum Gasteiger partial charge on any atom is -0.297 e. The Morgan fingerprint density at radius 1 is 1.70 bits per heavy atom. The second kappa shape index (κ2) is 5.45. The van der Waals surface area contributed by atoms with Crippen LogP contribution in [0.25, 0.3) is 0 Å². The highest BCUT2D eigenvalue weighted by molar-refractivity contribution is 6.13. The smallest absolute Gasteiger partial charge is 0.161 e. The lowest BCUT2D eigenvalue weighted by atomic mass is 10.3. The molecule has 0 aromatic rings. The van der Waals surface area contributed by atoms with E-state index in [2.05, 4.69) is 11.6 Å². The minimum absolute atomic E-state index is 0.332. The molecule has 3 nitrogen and oxygen atoms in total. The largest absolute Gasteiger partial charge is 0.297 e. The van der Waals surface area contributed by atoms with E-state index in [0.29, 0.717) is 11.9 Å². The van der Waals surface area contributed by atoms with Gasteiger partial charge in [0.05, 0.1) is 11.8 Å². The molecule has 3 heteroatoms. The number of aliphatic imine (C=N–C) groups is 1. The van der Waals surface area contributed by atoms with E-state index in [4.69, 9.17) is 5.26 Å². The van der Waals surface area contributed by atoms with Gasteiger partial charge in [-0.3, -0.25) is 9.79 Å². The van der Waals surface area contributed by atoms with Gasteiger partial charge in [0, 0.05) is 6.20 Å². The number of hydrogen-bond acceptors (Lipinski definition) is 3. The predicted octanol–water partition coefficient (Wildman–Crippen LogP) is 0.850. The fourth-order valence-electron chi connectivity index (χ4n) is 0.286. The lowest BCUT2D eigenvalue weighted by molar-refractivity contribution is -0.102. The van der Waals surface area contributed by atoms with Crippen molar-refractivity contribution >= 4 is 12.5 Å². The molecule has 0 spiro atoms. The van der Waals surface area contributed by atoms with E-state index in [1.54, 1.807) is 0 Å². The zero-order valence-corrected chi connectivity index (χ0v) is 5.32. The lowest BCUT2D eigenvalue weighted by Crippen LogP contribution is -1.71. The van der Waals surface area contributed by atoms with Crippen LogP contribution in [-0.4, -0.2) is 12.5 Å². The third-order valence-corrected chi connectivity index (χ3v) is 0.710. The number of carbonyl (C=O) groups is 1. The van der Waals surface area contributed by atoms with Crippen molar-refractivity contribution in [2.75, 3.05) is 0 Å². The van der Waals surface area contributed by atoms with Gasteiger partial charge in [-0.1, -0.05) is 12.7 Å². The first-order chi connectivity index (χ1) is 4.85. The third kappa shape index (κ3) is 3.33. The summed E-state index contributed by atoms with van der Waals surface area (Å²) in [4.78, 5) is 13.2. The summed E-state index contributed by atoms with van der Waals surface area (Å²) in [6.45, 7) is 3.36. The summed E-state index contributed by atoms with van der Waals surface area (Å²) in [6.07, 6.45) is 4.22. The molecule has 0 saturated carbocycles. The Bertz CT molecular complexity index is 220. The quantitative estimate of drug-likeness (QED) is 0.248. The second-order valence-electron chi connectivity index (χ2n) is 1.33. The van der Waals surface area contributed by atoms with Crippen LogP contribution >= 0.6 is 0 Å². The lowest BCUT2D eigenvalue weighted by Gasteiger charge is -1.78. The maximum absolute atomic E-state index is 9.68. The Hall–Kier alpha value is -1.69. The molecule has 10 heavy (non-hydrogen) atoms. The van der Waals surface area contributed by atoms with Gasteiger partial charge in [0.15, 0.2) is 6.29 Å². The summed E-state index contributed by atoms with van der Waals surface area (Å²) in [5.74, 6) is 0. The van der Waals surface area contributed by atoms with Crippen molar-refractivity contribution < 1.29 is 4.79 Å². The van der Waals surface area contributed by atoms with Gasteiger partial charge in [-0.2, -0.15) is 5.26 Å². The summed E-state index contributed by atoms with van der Waals surface area (Å²) in [7, 11) is 0. The number of aldehydes is 1. The first kappa shape index (κ1) is 8.31. The topological polar surface area (TPSA) is 53.2 Å². The van der Waals surface area contributed by atoms with Crippen molar-refractivity contribution in [1.82, 2.24) is 0 Å². The van der Waals surface area contributed by atoms with Gasteiger partial charge in [0.1, 0.15) is 6.07 Å². The van der Waals surface area contributed by atoms with Crippen LogP contribution < -0.4 is 0 Å². The van der Waals surface area contributed by atoms with Gasteiger partial charge in [0.2, 0.25) is 0 Å². The van der Waals surface area contributed by atoms with E-state index in [1.165, 1.54) is 12.3 Å². The molecule has 0 saturated heterocycles. The van der Waals surface area contributed by atoms with E-state index in [1.807, 2.05) is 6.07 Å². The van der Waals surface area contributed by atoms with E-state index in [0.717, 1.165) is 6.21 Å². The monoisotopic (exact) mass is 134 g/mol. The molecule has 0 bridgehead atoms. The molecule has 0 aromatic carbocycles. The first-order valence-electron chi connectivity index (χ1n) is 2.54. The van der Waals surface area contributed by atoms with Gasteiger partial charge in [-0.05, 0) is 0 Å². The summed E-state index contributed by atoms with van der Waals surface area (Å²) in [5, 5.41) is 8.27. The Labute approximate surface area is 59.0 Å². The Balaban J connectivity index is 4.15. The standard InChI is InChI=1S/C7H6N2O/c1-2-7(5-8)6-9-3-4-10/h2-4,6H,1H2. The molecule has 0 N–H and O–H groups in total. The number of nitriles is 1. The number of carbonyl (C=O) groups excluding carboxylic acids is 1. The molecule has 0 aromatic heterocycles. The maximum Gasteiger partial charge on any atom is 0.161 e. The highest BCUT2D eigenvalue weighted by atomic mass is 16.1. The fraction of sp³-hybridized carbons (Fsp3) is 0. The van der Waals surface area contributed by atoms with E-state index >= 15 is 0 Å². The minimum atomic E-state index is 0.332. The van der Waals surface area contributed by atoms with Crippen molar-refractivity contribution in [3.63, 3.8) is 0 Å². The highest BCUT2D eigenvalue weighted by Crippen LogP contribution is 1.90. The number of allylic oxidation sites excluding steroid dienone is 2. The Morgan fingerprint density at radius 3 is 2.80 bits per heavy atom. The number of hydrogen-bond donors (Lipinski definition) is 0. The molecule has 0 rings (SSSR count). The van der Waals surface area contributed by atoms with Gasteiger partial charge in [0.25, 0.3) is 0 Å². The molecular weight excluding hydrogens is 128 g/mol. The molecule has 0 unspecified atom stereocenters. The number of nitrogens with zero attached hydrogens (tertiary/aromatic N) is 2. The average Bonchev–Trinajstić information content (AvgIpc) is 1.99. The summed E-state index contributed by atoms with van der Waals surface area (Å²) >= 11 is 0. The van der Waals surface area contributed by atoms with Gasteiger partial charge in [-0.25, -0.2) is 0 Å². The average molecular weight is 134 g/mol. The van der Waals surface area contributed by atoms with Crippen molar-refractivity contribution in [2.45, 2.75) is 0 Å². The molecule has 0 aliphatic rings. The van der Waals surface area contributed by atoms with Crippen LogP contribution in [0.2, 0.25) is 0 Å². The normalized spacial score (nSPS) is 10.9. The van der Waals surface area contributed by atoms with Crippen LogP contribution in [0.3, 0.4) is 0 Å². The molecule has 0 amide bonds. The highest BCUT2D eigenvalue weighted by Gasteiger charge is 1.80. The molecule has 50 valence electrons. The van der Waals surface area contributed by atoms with Crippen LogP contribution in [-0.2, 0) is 4.79 Å². The van der Waals surface area contributed by atoms with Crippen LogP contribution in [0, 0.1) is 11.3 Å². The Kier molecular flexibility index (Phi) is 4.53. The first-order valence-corrected chi connectivity index (χ1v) is 2.54. The van der Waals surface area contributed by atoms with Crippen molar-refractivity contribution in [3.05, 3.63) is 24.4 Å². The molecule has 0 aliphatic heterocycles. The molecule has 0 aliphatic carbocycles. The molecule has 0 atom stereocenters. The van der Waals surface area contributed by atoms with Gasteiger partial charge < -0.3 is 0 Å². The predicted molar refractivity (Wildman–Crippen MR) is 38.4 cm³/mol. The third-order valence-electron chi connectivity index (χ3n) is 0.710. The van der Waals surface area contributed by atoms with E-state index in [9.17, 15) is 4.79 Å². The second-order valence-corrected chi connectivity index (χ2v) is 1.33. The van der Waals surface area contributed by atoms with Crippen molar-refractivity contribution in [2.24, 2.45) is 4.99 Å². The molecule has 0 radical (unpaired) electrons. The van der Waals surface area contributed by atoms with E-state index < -0.39 is 0 Å². The van der Waals surface area contributed by atoms with Crippen molar-refractivity contribution in [1.29, 1.82) is 5.26 Å². The summed E-state index contributed by atoms with van der Waals surface area (Å²) < 4.78 is 0. The van der Waals surface area contributed by atoms with Crippen LogP contribution in [0.5, 0.6) is 0 Å². The zero-order valence-electron chi connectivity index (χ0n) is 5.32. The van der Waals surface area contributed by atoms with Gasteiger partial charge in [-0.15, -0.1) is 0 Å². The molecule has 0 heterocycles.